The van der Waals surface area contributed by atoms with Gasteiger partial charge in [0.1, 0.15) is 0 Å². The van der Waals surface area contributed by atoms with Gasteiger partial charge in [0.2, 0.25) is 0 Å². The smallest absolute Gasteiger partial charge is 0.00872 e. The summed E-state index contributed by atoms with van der Waals surface area (Å²) in [6, 6.07) is 1.63. The summed E-state index contributed by atoms with van der Waals surface area (Å²) in [7, 11) is 2.36. The molecule has 0 radical (unpaired) electrons. The molecule has 0 aliphatic heterocycles. The van der Waals surface area contributed by atoms with E-state index in [4.69, 9.17) is 0 Å². The normalized spacial score (nSPS) is 23.2. The predicted octanol–water partition coefficient (Wildman–Crippen LogP) is 4.20. The van der Waals surface area contributed by atoms with Crippen molar-refractivity contribution in [2.75, 3.05) is 20.1 Å². The maximum Gasteiger partial charge on any atom is 0.00872 e. The third kappa shape index (κ3) is 4.73. The molecule has 0 aromatic rings. The molecule has 0 unspecified atom stereocenters. The lowest BCUT2D eigenvalue weighted by Gasteiger charge is -2.40. The Kier molecular flexibility index (Phi) is 6.35. The van der Waals surface area contributed by atoms with Gasteiger partial charge in [-0.25, -0.2) is 0 Å². The molecular formula is C18H36N2. The van der Waals surface area contributed by atoms with Crippen LogP contribution in [0.15, 0.2) is 0 Å². The van der Waals surface area contributed by atoms with Crippen LogP contribution in [0.3, 0.4) is 0 Å². The van der Waals surface area contributed by atoms with Gasteiger partial charge < -0.3 is 10.2 Å². The fraction of sp³-hybridized carbons (Fsp3) is 1.00. The third-order valence-electron chi connectivity index (χ3n) is 5.66. The summed E-state index contributed by atoms with van der Waals surface area (Å²) < 4.78 is 0. The summed E-state index contributed by atoms with van der Waals surface area (Å²) in [5.41, 5.74) is 0.552. The highest BCUT2D eigenvalue weighted by molar-refractivity contribution is 4.91. The average Bonchev–Trinajstić information content (AvgIpc) is 3.26. The quantitative estimate of drug-likeness (QED) is 0.670. The second-order valence-corrected chi connectivity index (χ2v) is 7.45. The summed E-state index contributed by atoms with van der Waals surface area (Å²) >= 11 is 0. The summed E-state index contributed by atoms with van der Waals surface area (Å²) in [6.07, 6.45) is 14.1. The van der Waals surface area contributed by atoms with Crippen LogP contribution >= 0.6 is 0 Å². The van der Waals surface area contributed by atoms with Gasteiger partial charge in [-0.1, -0.05) is 39.5 Å². The SMILES string of the molecule is CCC(CC)N(C)CC1(CNC2CC2)CCCCCC1. The summed E-state index contributed by atoms with van der Waals surface area (Å²) in [5, 5.41) is 3.85. The molecule has 0 atom stereocenters. The van der Waals surface area contributed by atoms with E-state index in [0.717, 1.165) is 12.1 Å². The van der Waals surface area contributed by atoms with Gasteiger partial charge in [0.05, 0.1) is 0 Å². The van der Waals surface area contributed by atoms with Crippen LogP contribution in [0.5, 0.6) is 0 Å². The minimum atomic E-state index is 0.552. The summed E-state index contributed by atoms with van der Waals surface area (Å²) in [4.78, 5) is 2.67. The zero-order valence-electron chi connectivity index (χ0n) is 14.1. The molecule has 2 saturated carbocycles. The average molecular weight is 280 g/mol. The Morgan fingerprint density at radius 2 is 1.65 bits per heavy atom. The fourth-order valence-electron chi connectivity index (χ4n) is 4.09. The molecule has 1 N–H and O–H groups in total. The van der Waals surface area contributed by atoms with Crippen LogP contribution in [-0.4, -0.2) is 37.1 Å². The van der Waals surface area contributed by atoms with E-state index < -0.39 is 0 Å². The first-order chi connectivity index (χ1) is 9.69. The summed E-state index contributed by atoms with van der Waals surface area (Å²) in [5.74, 6) is 0. The number of hydrogen-bond acceptors (Lipinski definition) is 2. The minimum Gasteiger partial charge on any atom is -0.313 e. The van der Waals surface area contributed by atoms with Crippen LogP contribution in [0.1, 0.15) is 78.1 Å². The molecule has 2 aliphatic rings. The molecule has 2 aliphatic carbocycles. The number of hydrogen-bond donors (Lipinski definition) is 1. The van der Waals surface area contributed by atoms with E-state index >= 15 is 0 Å². The first kappa shape index (κ1) is 16.3. The van der Waals surface area contributed by atoms with Gasteiger partial charge in [-0.05, 0) is 51.0 Å². The molecule has 0 saturated heterocycles. The maximum atomic E-state index is 3.85. The Morgan fingerprint density at radius 1 is 1.05 bits per heavy atom. The number of nitrogens with one attached hydrogen (secondary N) is 1. The largest absolute Gasteiger partial charge is 0.313 e. The van der Waals surface area contributed by atoms with Gasteiger partial charge in [0, 0.05) is 25.2 Å². The highest BCUT2D eigenvalue weighted by atomic mass is 15.1. The van der Waals surface area contributed by atoms with E-state index in [-0.39, 0.29) is 0 Å². The molecule has 2 heteroatoms. The van der Waals surface area contributed by atoms with Crippen LogP contribution in [0.25, 0.3) is 0 Å². The molecule has 118 valence electrons. The van der Waals surface area contributed by atoms with Crippen molar-refractivity contribution in [3.05, 3.63) is 0 Å². The Hall–Kier alpha value is -0.0800. The standard InChI is InChI=1S/C18H36N2/c1-4-17(5-2)20(3)15-18(14-19-16-10-11-16)12-8-6-7-9-13-18/h16-17,19H,4-15H2,1-3H3. The third-order valence-corrected chi connectivity index (χ3v) is 5.66. The van der Waals surface area contributed by atoms with E-state index in [2.05, 4.69) is 31.1 Å². The number of nitrogens with zero attached hydrogens (tertiary/aromatic N) is 1. The van der Waals surface area contributed by atoms with Crippen LogP contribution in [0, 0.1) is 5.41 Å². The van der Waals surface area contributed by atoms with Crippen molar-refractivity contribution < 1.29 is 0 Å². The van der Waals surface area contributed by atoms with Gasteiger partial charge in [-0.3, -0.25) is 0 Å². The Morgan fingerprint density at radius 3 is 2.15 bits per heavy atom. The maximum absolute atomic E-state index is 3.85. The summed E-state index contributed by atoms with van der Waals surface area (Å²) in [6.45, 7) is 7.25. The molecule has 0 amide bonds. The van der Waals surface area contributed by atoms with Gasteiger partial charge in [-0.2, -0.15) is 0 Å². The number of rotatable bonds is 8. The van der Waals surface area contributed by atoms with Crippen molar-refractivity contribution in [3.63, 3.8) is 0 Å². The molecule has 20 heavy (non-hydrogen) atoms. The Labute approximate surface area is 126 Å². The van der Waals surface area contributed by atoms with Gasteiger partial charge in [-0.15, -0.1) is 0 Å². The van der Waals surface area contributed by atoms with Crippen molar-refractivity contribution in [1.29, 1.82) is 0 Å². The molecule has 2 fully saturated rings. The molecule has 0 bridgehead atoms. The highest BCUT2D eigenvalue weighted by Gasteiger charge is 2.35. The van der Waals surface area contributed by atoms with Crippen molar-refractivity contribution in [1.82, 2.24) is 10.2 Å². The Balaban J connectivity index is 1.95. The molecule has 0 aromatic heterocycles. The molecule has 0 spiro atoms. The van der Waals surface area contributed by atoms with Crippen molar-refractivity contribution in [2.24, 2.45) is 5.41 Å². The topological polar surface area (TPSA) is 15.3 Å². The minimum absolute atomic E-state index is 0.552. The van der Waals surface area contributed by atoms with E-state index in [9.17, 15) is 0 Å². The van der Waals surface area contributed by atoms with Crippen LogP contribution in [0.2, 0.25) is 0 Å². The molecule has 0 aromatic carbocycles. The zero-order chi connectivity index (χ0) is 14.4. The van der Waals surface area contributed by atoms with Crippen LogP contribution < -0.4 is 5.32 Å². The molecular weight excluding hydrogens is 244 g/mol. The van der Waals surface area contributed by atoms with Gasteiger partial charge in [0.15, 0.2) is 0 Å². The van der Waals surface area contributed by atoms with Crippen LogP contribution in [-0.2, 0) is 0 Å². The fourth-order valence-corrected chi connectivity index (χ4v) is 4.09. The Bertz CT molecular complexity index is 261. The van der Waals surface area contributed by atoms with E-state index in [0.29, 0.717) is 5.41 Å². The highest BCUT2D eigenvalue weighted by Crippen LogP contribution is 2.36. The van der Waals surface area contributed by atoms with Crippen molar-refractivity contribution >= 4 is 0 Å². The molecule has 2 nitrogen and oxygen atoms in total. The first-order valence-corrected chi connectivity index (χ1v) is 9.13. The lowest BCUT2D eigenvalue weighted by atomic mass is 9.79. The molecule has 2 rings (SSSR count). The lowest BCUT2D eigenvalue weighted by Crippen LogP contribution is -2.46. The second-order valence-electron chi connectivity index (χ2n) is 7.45. The van der Waals surface area contributed by atoms with Gasteiger partial charge >= 0.3 is 0 Å². The van der Waals surface area contributed by atoms with Crippen molar-refractivity contribution in [2.45, 2.75) is 90.1 Å². The van der Waals surface area contributed by atoms with E-state index in [1.165, 1.54) is 77.3 Å². The molecule has 0 heterocycles. The zero-order valence-corrected chi connectivity index (χ0v) is 14.1. The van der Waals surface area contributed by atoms with E-state index in [1.54, 1.807) is 0 Å². The van der Waals surface area contributed by atoms with Crippen LogP contribution in [0.4, 0.5) is 0 Å². The first-order valence-electron chi connectivity index (χ1n) is 9.13. The lowest BCUT2D eigenvalue weighted by molar-refractivity contribution is 0.110. The van der Waals surface area contributed by atoms with E-state index in [1.807, 2.05) is 0 Å². The van der Waals surface area contributed by atoms with Gasteiger partial charge in [0.25, 0.3) is 0 Å². The predicted molar refractivity (Wildman–Crippen MR) is 88.2 cm³/mol. The second kappa shape index (κ2) is 7.79. The monoisotopic (exact) mass is 280 g/mol. The van der Waals surface area contributed by atoms with Crippen molar-refractivity contribution in [3.8, 4) is 0 Å².